The van der Waals surface area contributed by atoms with Crippen LogP contribution in [0.25, 0.3) is 11.1 Å². The number of anilines is 1. The van der Waals surface area contributed by atoms with Crippen molar-refractivity contribution >= 4 is 55.5 Å². The molecule has 1 aliphatic rings. The molecule has 40 heavy (non-hydrogen) atoms. The Labute approximate surface area is 250 Å². The topological polar surface area (TPSA) is 88.2 Å². The number of rotatable bonds is 8. The predicted octanol–water partition coefficient (Wildman–Crippen LogP) is 6.45. The highest BCUT2D eigenvalue weighted by molar-refractivity contribution is 9.11. The van der Waals surface area contributed by atoms with Gasteiger partial charge in [-0.15, -0.1) is 0 Å². The Hall–Kier alpha value is -3.21. The zero-order valence-corrected chi connectivity index (χ0v) is 25.5. The van der Waals surface area contributed by atoms with E-state index in [2.05, 4.69) is 42.1 Å². The molecule has 1 heterocycles. The number of likely N-dealkylation sites (tertiary alicyclic amines) is 1. The van der Waals surface area contributed by atoms with Crippen molar-refractivity contribution in [3.8, 4) is 11.1 Å². The Morgan fingerprint density at radius 2 is 1.57 bits per heavy atom. The van der Waals surface area contributed by atoms with Crippen LogP contribution in [0.2, 0.25) is 0 Å². The van der Waals surface area contributed by atoms with Crippen LogP contribution < -0.4 is 5.32 Å². The third-order valence-electron chi connectivity index (χ3n) is 6.85. The highest BCUT2D eigenvalue weighted by Crippen LogP contribution is 2.29. The van der Waals surface area contributed by atoms with Crippen LogP contribution in [0.5, 0.6) is 0 Å². The van der Waals surface area contributed by atoms with Gasteiger partial charge >= 0.3 is 12.1 Å². The van der Waals surface area contributed by atoms with Crippen LogP contribution in [-0.2, 0) is 9.47 Å². The Bertz CT molecular complexity index is 1360. The van der Waals surface area contributed by atoms with Crippen LogP contribution in [0.1, 0.15) is 33.6 Å². The number of hydrogen-bond donors (Lipinski definition) is 1. The Kier molecular flexibility index (Phi) is 10.4. The standard InChI is InChI=1S/C30H31Br2N3O5/c1-34(28(36)23-18-26(32)24(19-25(23)31)29(37)39-2)16-17-35-14-12-21(13-15-35)40-30(38)33-27-11-7-6-10-22(27)20-8-4-3-5-9-20/h3-11,18-19,21H,12-17H2,1-2H3,(H,33,38). The van der Waals surface area contributed by atoms with Gasteiger partial charge in [-0.1, -0.05) is 48.5 Å². The summed E-state index contributed by atoms with van der Waals surface area (Å²) in [4.78, 5) is 41.6. The molecule has 0 aromatic heterocycles. The summed E-state index contributed by atoms with van der Waals surface area (Å²) in [7, 11) is 3.07. The summed E-state index contributed by atoms with van der Waals surface area (Å²) in [5, 5.41) is 2.91. The third kappa shape index (κ3) is 7.50. The molecule has 1 N–H and O–H groups in total. The number of para-hydroxylation sites is 1. The van der Waals surface area contributed by atoms with E-state index in [1.54, 1.807) is 24.1 Å². The lowest BCUT2D eigenvalue weighted by atomic mass is 10.0. The lowest BCUT2D eigenvalue weighted by Gasteiger charge is -2.32. The van der Waals surface area contributed by atoms with Crippen LogP contribution in [0.15, 0.2) is 75.7 Å². The van der Waals surface area contributed by atoms with Crippen molar-refractivity contribution < 1.29 is 23.9 Å². The molecule has 0 atom stereocenters. The van der Waals surface area contributed by atoms with E-state index >= 15 is 0 Å². The van der Waals surface area contributed by atoms with Gasteiger partial charge < -0.3 is 19.3 Å². The largest absolute Gasteiger partial charge is 0.465 e. The number of esters is 1. The maximum Gasteiger partial charge on any atom is 0.411 e. The Morgan fingerprint density at radius 1 is 0.950 bits per heavy atom. The lowest BCUT2D eigenvalue weighted by Crippen LogP contribution is -2.42. The fraction of sp³-hybridized carbons (Fsp3) is 0.300. The number of nitrogens with zero attached hydrogens (tertiary/aromatic N) is 2. The Balaban J connectivity index is 1.24. The second-order valence-electron chi connectivity index (χ2n) is 9.51. The van der Waals surface area contributed by atoms with E-state index in [1.807, 2.05) is 54.6 Å². The summed E-state index contributed by atoms with van der Waals surface area (Å²) >= 11 is 6.76. The molecule has 1 saturated heterocycles. The number of hydrogen-bond acceptors (Lipinski definition) is 6. The lowest BCUT2D eigenvalue weighted by molar-refractivity contribution is 0.0540. The monoisotopic (exact) mass is 671 g/mol. The van der Waals surface area contributed by atoms with Gasteiger partial charge in [0.25, 0.3) is 5.91 Å². The number of halogens is 2. The molecule has 4 rings (SSSR count). The minimum Gasteiger partial charge on any atom is -0.465 e. The van der Waals surface area contributed by atoms with Gasteiger partial charge in [-0.25, -0.2) is 9.59 Å². The van der Waals surface area contributed by atoms with Crippen LogP contribution in [0.3, 0.4) is 0 Å². The van der Waals surface area contributed by atoms with Gasteiger partial charge in [-0.2, -0.15) is 0 Å². The number of likely N-dealkylation sites (N-methyl/N-ethyl adjacent to an activating group) is 1. The second kappa shape index (κ2) is 13.9. The summed E-state index contributed by atoms with van der Waals surface area (Å²) in [5.41, 5.74) is 3.46. The minimum atomic E-state index is -0.484. The zero-order valence-electron chi connectivity index (χ0n) is 22.4. The second-order valence-corrected chi connectivity index (χ2v) is 11.2. The van der Waals surface area contributed by atoms with Gasteiger partial charge in [-0.3, -0.25) is 10.1 Å². The Morgan fingerprint density at radius 3 is 2.27 bits per heavy atom. The van der Waals surface area contributed by atoms with E-state index in [-0.39, 0.29) is 12.0 Å². The van der Waals surface area contributed by atoms with Crippen molar-refractivity contribution in [2.75, 3.05) is 45.7 Å². The summed E-state index contributed by atoms with van der Waals surface area (Å²) in [6.07, 6.45) is 0.820. The van der Waals surface area contributed by atoms with Crippen LogP contribution in [0, 0.1) is 0 Å². The van der Waals surface area contributed by atoms with E-state index in [1.165, 1.54) is 7.11 Å². The summed E-state index contributed by atoms with van der Waals surface area (Å²) in [6, 6.07) is 20.8. The first-order valence-electron chi connectivity index (χ1n) is 12.9. The number of carbonyl (C=O) groups excluding carboxylic acids is 3. The predicted molar refractivity (Wildman–Crippen MR) is 162 cm³/mol. The van der Waals surface area contributed by atoms with Crippen molar-refractivity contribution in [1.29, 1.82) is 0 Å². The van der Waals surface area contributed by atoms with Gasteiger partial charge in [0.2, 0.25) is 0 Å². The average molecular weight is 673 g/mol. The molecule has 10 heteroatoms. The first kappa shape index (κ1) is 29.8. The number of ether oxygens (including phenoxy) is 2. The van der Waals surface area contributed by atoms with Gasteiger partial charge in [0.1, 0.15) is 6.10 Å². The SMILES string of the molecule is COC(=O)c1cc(Br)c(C(=O)N(C)CCN2CCC(OC(=O)Nc3ccccc3-c3ccccc3)CC2)cc1Br. The number of nitrogens with one attached hydrogen (secondary N) is 1. The van der Waals surface area contributed by atoms with Gasteiger partial charge in [0.15, 0.2) is 0 Å². The van der Waals surface area contributed by atoms with Crippen LogP contribution in [-0.4, -0.2) is 74.2 Å². The first-order chi connectivity index (χ1) is 19.3. The summed E-state index contributed by atoms with van der Waals surface area (Å²) in [6.45, 7) is 2.77. The molecule has 0 unspecified atom stereocenters. The first-order valence-corrected chi connectivity index (χ1v) is 14.5. The van der Waals surface area contributed by atoms with Gasteiger partial charge in [0, 0.05) is 47.7 Å². The maximum atomic E-state index is 13.1. The molecular weight excluding hydrogens is 642 g/mol. The summed E-state index contributed by atoms with van der Waals surface area (Å²) in [5.74, 6) is -0.642. The van der Waals surface area contributed by atoms with Gasteiger partial charge in [0.05, 0.1) is 23.9 Å². The van der Waals surface area contributed by atoms with E-state index in [9.17, 15) is 14.4 Å². The number of methoxy groups -OCH3 is 1. The molecule has 3 aromatic rings. The van der Waals surface area contributed by atoms with Crippen molar-refractivity contribution in [2.24, 2.45) is 0 Å². The van der Waals surface area contributed by atoms with Crippen molar-refractivity contribution in [3.05, 3.63) is 86.8 Å². The maximum absolute atomic E-state index is 13.1. The fourth-order valence-electron chi connectivity index (χ4n) is 4.58. The quantitative estimate of drug-likeness (QED) is 0.277. The highest BCUT2D eigenvalue weighted by atomic mass is 79.9. The van der Waals surface area contributed by atoms with E-state index < -0.39 is 12.1 Å². The number of amides is 2. The molecule has 3 aromatic carbocycles. The molecule has 0 spiro atoms. The molecule has 0 radical (unpaired) electrons. The molecule has 0 aliphatic carbocycles. The van der Waals surface area contributed by atoms with Crippen molar-refractivity contribution in [3.63, 3.8) is 0 Å². The average Bonchev–Trinajstić information content (AvgIpc) is 2.97. The molecule has 0 bridgehead atoms. The zero-order chi connectivity index (χ0) is 28.6. The molecule has 8 nitrogen and oxygen atoms in total. The normalized spacial score (nSPS) is 13.9. The minimum absolute atomic E-state index is 0.158. The van der Waals surface area contributed by atoms with Crippen molar-refractivity contribution in [1.82, 2.24) is 9.80 Å². The van der Waals surface area contributed by atoms with Gasteiger partial charge in [-0.05, 0) is 68.5 Å². The van der Waals surface area contributed by atoms with Crippen molar-refractivity contribution in [2.45, 2.75) is 18.9 Å². The molecule has 210 valence electrons. The van der Waals surface area contributed by atoms with Crippen LogP contribution >= 0.6 is 31.9 Å². The molecule has 0 saturated carbocycles. The van der Waals surface area contributed by atoms with E-state index in [4.69, 9.17) is 9.47 Å². The molecular formula is C30H31Br2N3O5. The molecule has 2 amide bonds. The number of carbonyl (C=O) groups is 3. The summed E-state index contributed by atoms with van der Waals surface area (Å²) < 4.78 is 11.5. The fourth-order valence-corrected chi connectivity index (χ4v) is 5.60. The molecule has 1 aliphatic heterocycles. The van der Waals surface area contributed by atoms with E-state index in [0.717, 1.165) is 37.1 Å². The highest BCUT2D eigenvalue weighted by Gasteiger charge is 2.24. The van der Waals surface area contributed by atoms with E-state index in [0.29, 0.717) is 38.8 Å². The number of piperidine rings is 1. The number of benzene rings is 3. The smallest absolute Gasteiger partial charge is 0.411 e. The third-order valence-corrected chi connectivity index (χ3v) is 8.16. The van der Waals surface area contributed by atoms with Crippen LogP contribution in [0.4, 0.5) is 10.5 Å². The molecule has 1 fully saturated rings.